The molecule has 136 valence electrons. The first-order valence-corrected chi connectivity index (χ1v) is 9.68. The van der Waals surface area contributed by atoms with Gasteiger partial charge in [0.05, 0.1) is 0 Å². The molecule has 4 heteroatoms. The van der Waals surface area contributed by atoms with Crippen molar-refractivity contribution in [2.24, 2.45) is 0 Å². The molecule has 0 aromatic heterocycles. The van der Waals surface area contributed by atoms with E-state index >= 15 is 0 Å². The second-order valence-electron chi connectivity index (χ2n) is 6.51. The Morgan fingerprint density at radius 1 is 0.783 bits per heavy atom. The van der Waals surface area contributed by atoms with Crippen LogP contribution in [0.5, 0.6) is 0 Å². The van der Waals surface area contributed by atoms with Crippen molar-refractivity contribution in [3.8, 4) is 0 Å². The number of carbonyl (C=O) groups excluding carboxylic acids is 2. The number of nitrogens with one attached hydrogen (secondary N) is 2. The minimum Gasteiger partial charge on any atom is -0.354 e. The maximum absolute atomic E-state index is 11.8. The molecule has 0 fully saturated rings. The second kappa shape index (κ2) is 15.8. The van der Waals surface area contributed by atoms with Crippen LogP contribution in [-0.2, 0) is 9.59 Å². The van der Waals surface area contributed by atoms with Crippen molar-refractivity contribution in [1.29, 1.82) is 0 Å². The minimum absolute atomic E-state index is 0.00825. The van der Waals surface area contributed by atoms with Gasteiger partial charge in [0.25, 0.3) is 0 Å². The van der Waals surface area contributed by atoms with Crippen LogP contribution in [0.2, 0.25) is 0 Å². The van der Waals surface area contributed by atoms with Gasteiger partial charge in [-0.05, 0) is 19.8 Å². The van der Waals surface area contributed by atoms with Crippen LogP contribution in [0.25, 0.3) is 0 Å². The molecule has 0 aliphatic rings. The zero-order valence-corrected chi connectivity index (χ0v) is 15.6. The third-order valence-corrected chi connectivity index (χ3v) is 4.11. The van der Waals surface area contributed by atoms with Crippen molar-refractivity contribution >= 4 is 11.8 Å². The highest BCUT2D eigenvalue weighted by molar-refractivity contribution is 5.87. The van der Waals surface area contributed by atoms with Gasteiger partial charge >= 0.3 is 0 Å². The van der Waals surface area contributed by atoms with Crippen molar-refractivity contribution in [3.05, 3.63) is 0 Å². The van der Waals surface area contributed by atoms with E-state index in [1.165, 1.54) is 44.9 Å². The number of hydrogen-bond donors (Lipinski definition) is 2. The van der Waals surface area contributed by atoms with Gasteiger partial charge in [0.15, 0.2) is 0 Å². The van der Waals surface area contributed by atoms with Gasteiger partial charge in [-0.15, -0.1) is 0 Å². The predicted octanol–water partition coefficient (Wildman–Crippen LogP) is 4.33. The summed E-state index contributed by atoms with van der Waals surface area (Å²) in [6.07, 6.45) is 13.8. The molecular weight excluding hydrogens is 288 g/mol. The van der Waals surface area contributed by atoms with Crippen LogP contribution in [-0.4, -0.2) is 24.4 Å². The molecule has 0 bridgehead atoms. The third kappa shape index (κ3) is 14.3. The van der Waals surface area contributed by atoms with Gasteiger partial charge in [-0.25, -0.2) is 0 Å². The van der Waals surface area contributed by atoms with Gasteiger partial charge < -0.3 is 10.6 Å². The first-order chi connectivity index (χ1) is 11.1. The van der Waals surface area contributed by atoms with E-state index in [2.05, 4.69) is 24.5 Å². The van der Waals surface area contributed by atoms with Crippen LogP contribution >= 0.6 is 0 Å². The Kier molecular flexibility index (Phi) is 15.1. The van der Waals surface area contributed by atoms with E-state index < -0.39 is 6.04 Å². The van der Waals surface area contributed by atoms with Gasteiger partial charge in [0.1, 0.15) is 6.04 Å². The average molecular weight is 327 g/mol. The maximum Gasteiger partial charge on any atom is 0.242 e. The molecule has 0 saturated heterocycles. The predicted molar refractivity (Wildman–Crippen MR) is 97.4 cm³/mol. The molecule has 0 unspecified atom stereocenters. The molecule has 2 N–H and O–H groups in total. The fraction of sp³-hybridized carbons (Fsp3) is 0.895. The summed E-state index contributed by atoms with van der Waals surface area (Å²) < 4.78 is 0. The highest BCUT2D eigenvalue weighted by atomic mass is 16.2. The van der Waals surface area contributed by atoms with E-state index in [4.69, 9.17) is 0 Å². The maximum atomic E-state index is 11.8. The SMILES string of the molecule is CCCCCCCCCCCC(=O)N[C@@H](C)C(=O)NCCCC. The molecule has 0 heterocycles. The molecule has 23 heavy (non-hydrogen) atoms. The smallest absolute Gasteiger partial charge is 0.242 e. The molecule has 0 aromatic carbocycles. The van der Waals surface area contributed by atoms with Gasteiger partial charge in [-0.3, -0.25) is 9.59 Å². The Morgan fingerprint density at radius 2 is 1.30 bits per heavy atom. The average Bonchev–Trinajstić information content (AvgIpc) is 2.53. The van der Waals surface area contributed by atoms with E-state index in [1.54, 1.807) is 6.92 Å². The van der Waals surface area contributed by atoms with Crippen LogP contribution in [0, 0.1) is 0 Å². The Bertz CT molecular complexity index is 306. The summed E-state index contributed by atoms with van der Waals surface area (Å²) in [4.78, 5) is 23.6. The van der Waals surface area contributed by atoms with Crippen LogP contribution in [0.3, 0.4) is 0 Å². The lowest BCUT2D eigenvalue weighted by molar-refractivity contribution is -0.128. The Morgan fingerprint density at radius 3 is 1.87 bits per heavy atom. The minimum atomic E-state index is -0.432. The lowest BCUT2D eigenvalue weighted by Gasteiger charge is -2.14. The van der Waals surface area contributed by atoms with Gasteiger partial charge in [-0.1, -0.05) is 71.6 Å². The zero-order chi connectivity index (χ0) is 17.3. The van der Waals surface area contributed by atoms with Crippen molar-refractivity contribution in [1.82, 2.24) is 10.6 Å². The lowest BCUT2D eigenvalue weighted by atomic mass is 10.1. The summed E-state index contributed by atoms with van der Waals surface area (Å²) in [5.41, 5.74) is 0. The lowest BCUT2D eigenvalue weighted by Crippen LogP contribution is -2.44. The van der Waals surface area contributed by atoms with Crippen LogP contribution in [0.1, 0.15) is 97.8 Å². The van der Waals surface area contributed by atoms with Crippen molar-refractivity contribution in [2.75, 3.05) is 6.54 Å². The number of hydrogen-bond acceptors (Lipinski definition) is 2. The fourth-order valence-electron chi connectivity index (χ4n) is 2.52. The fourth-order valence-corrected chi connectivity index (χ4v) is 2.52. The summed E-state index contributed by atoms with van der Waals surface area (Å²) >= 11 is 0. The largest absolute Gasteiger partial charge is 0.354 e. The van der Waals surface area contributed by atoms with Gasteiger partial charge in [0.2, 0.25) is 11.8 Å². The van der Waals surface area contributed by atoms with E-state index in [9.17, 15) is 9.59 Å². The van der Waals surface area contributed by atoms with Crippen LogP contribution in [0.4, 0.5) is 0 Å². The highest BCUT2D eigenvalue weighted by Crippen LogP contribution is 2.10. The van der Waals surface area contributed by atoms with Crippen molar-refractivity contribution < 1.29 is 9.59 Å². The number of rotatable bonds is 15. The summed E-state index contributed by atoms with van der Waals surface area (Å²) in [5.74, 6) is -0.0926. The topological polar surface area (TPSA) is 58.2 Å². The normalized spacial score (nSPS) is 12.0. The third-order valence-electron chi connectivity index (χ3n) is 4.11. The molecule has 0 rings (SSSR count). The molecule has 0 radical (unpaired) electrons. The Balaban J connectivity index is 3.50. The van der Waals surface area contributed by atoms with Gasteiger partial charge in [-0.2, -0.15) is 0 Å². The Hall–Kier alpha value is -1.06. The number of carbonyl (C=O) groups is 2. The first kappa shape index (κ1) is 21.9. The summed E-state index contributed by atoms with van der Waals surface area (Å²) in [7, 11) is 0. The number of amides is 2. The molecular formula is C19H38N2O2. The highest BCUT2D eigenvalue weighted by Gasteiger charge is 2.14. The molecule has 4 nitrogen and oxygen atoms in total. The molecule has 0 spiro atoms. The van der Waals surface area contributed by atoms with E-state index in [0.717, 1.165) is 25.7 Å². The van der Waals surface area contributed by atoms with Crippen molar-refractivity contribution in [2.45, 2.75) is 104 Å². The van der Waals surface area contributed by atoms with Crippen LogP contribution in [0.15, 0.2) is 0 Å². The summed E-state index contributed by atoms with van der Waals surface area (Å²) in [6, 6.07) is -0.432. The molecule has 2 amide bonds. The second-order valence-corrected chi connectivity index (χ2v) is 6.51. The molecule has 0 aliphatic heterocycles. The summed E-state index contributed by atoms with van der Waals surface area (Å²) in [5, 5.41) is 5.62. The number of unbranched alkanes of at least 4 members (excludes halogenated alkanes) is 9. The van der Waals surface area contributed by atoms with E-state index in [0.29, 0.717) is 13.0 Å². The molecule has 0 saturated carbocycles. The standard InChI is InChI=1S/C19H38N2O2/c1-4-6-8-9-10-11-12-13-14-15-18(22)21-17(3)19(23)20-16-7-5-2/h17H,4-16H2,1-3H3,(H,20,23)(H,21,22)/t17-/m0/s1. The van der Waals surface area contributed by atoms with E-state index in [-0.39, 0.29) is 11.8 Å². The Labute approximate surface area is 143 Å². The monoisotopic (exact) mass is 326 g/mol. The molecule has 0 aliphatic carbocycles. The van der Waals surface area contributed by atoms with Gasteiger partial charge in [0, 0.05) is 13.0 Å². The quantitative estimate of drug-likeness (QED) is 0.440. The first-order valence-electron chi connectivity index (χ1n) is 9.68. The van der Waals surface area contributed by atoms with E-state index in [1.807, 2.05) is 0 Å². The van der Waals surface area contributed by atoms with Crippen molar-refractivity contribution in [3.63, 3.8) is 0 Å². The summed E-state index contributed by atoms with van der Waals surface area (Å²) in [6.45, 7) is 6.76. The zero-order valence-electron chi connectivity index (χ0n) is 15.6. The van der Waals surface area contributed by atoms with Crippen LogP contribution < -0.4 is 10.6 Å². The molecule has 1 atom stereocenters. The molecule has 0 aromatic rings.